The van der Waals surface area contributed by atoms with E-state index in [-0.39, 0.29) is 11.9 Å². The topological polar surface area (TPSA) is 78.4 Å². The highest BCUT2D eigenvalue weighted by molar-refractivity contribution is 7.20. The number of thiophene rings is 1. The summed E-state index contributed by atoms with van der Waals surface area (Å²) in [6, 6.07) is 25.8. The third kappa shape index (κ3) is 4.03. The molecule has 0 unspecified atom stereocenters. The fraction of sp³-hybridized carbons (Fsp3) is 0.0435. The molecule has 0 spiro atoms. The van der Waals surface area contributed by atoms with Crippen LogP contribution >= 0.6 is 11.3 Å². The Labute approximate surface area is 171 Å². The summed E-state index contributed by atoms with van der Waals surface area (Å²) in [4.78, 5) is 25.2. The maximum atomic E-state index is 13.0. The van der Waals surface area contributed by atoms with Gasteiger partial charge < -0.3 is 5.32 Å². The molecule has 6 heteroatoms. The van der Waals surface area contributed by atoms with Crippen LogP contribution in [-0.4, -0.2) is 17.0 Å². The zero-order chi connectivity index (χ0) is 20.2. The maximum absolute atomic E-state index is 13.0. The Balaban J connectivity index is 1.65. The van der Waals surface area contributed by atoms with Crippen LogP contribution in [0.25, 0.3) is 10.1 Å². The third-order valence-electron chi connectivity index (χ3n) is 4.67. The first-order valence-corrected chi connectivity index (χ1v) is 9.86. The summed E-state index contributed by atoms with van der Waals surface area (Å²) in [7, 11) is 0. The average Bonchev–Trinajstić information content (AvgIpc) is 3.22. The zero-order valence-corrected chi connectivity index (χ0v) is 16.1. The number of rotatable bonds is 5. The molecule has 2 amide bonds. The molecule has 3 N–H and O–H groups in total. The SMILES string of the molecule is O=C(NO)c1ccc([C@H](NC(=O)c2cc3ccccc3s2)c2ccccc2)cc1. The average molecular weight is 402 g/mol. The molecule has 0 bridgehead atoms. The van der Waals surface area contributed by atoms with Crippen LogP contribution in [0.4, 0.5) is 0 Å². The van der Waals surface area contributed by atoms with Crippen LogP contribution in [0, 0.1) is 0 Å². The van der Waals surface area contributed by atoms with Gasteiger partial charge in [0.05, 0.1) is 10.9 Å². The highest BCUT2D eigenvalue weighted by Crippen LogP contribution is 2.27. The zero-order valence-electron chi connectivity index (χ0n) is 15.3. The number of carbonyl (C=O) groups excluding carboxylic acids is 2. The van der Waals surface area contributed by atoms with Crippen molar-refractivity contribution in [3.63, 3.8) is 0 Å². The van der Waals surface area contributed by atoms with E-state index in [0.717, 1.165) is 21.2 Å². The molecule has 0 aliphatic heterocycles. The van der Waals surface area contributed by atoms with E-state index in [9.17, 15) is 9.59 Å². The van der Waals surface area contributed by atoms with E-state index >= 15 is 0 Å². The van der Waals surface area contributed by atoms with E-state index in [1.807, 2.05) is 60.7 Å². The second kappa shape index (κ2) is 8.26. The Bertz CT molecular complexity index is 1120. The normalized spacial score (nSPS) is 11.8. The molecule has 0 saturated heterocycles. The molecule has 144 valence electrons. The predicted octanol–water partition coefficient (Wildman–Crippen LogP) is 4.54. The summed E-state index contributed by atoms with van der Waals surface area (Å²) in [5.74, 6) is -0.737. The smallest absolute Gasteiger partial charge is 0.274 e. The van der Waals surface area contributed by atoms with Gasteiger partial charge in [-0.15, -0.1) is 11.3 Å². The van der Waals surface area contributed by atoms with Crippen LogP contribution in [0.15, 0.2) is 84.9 Å². The van der Waals surface area contributed by atoms with Crippen LogP contribution in [0.1, 0.15) is 37.2 Å². The molecule has 4 aromatic rings. The van der Waals surface area contributed by atoms with Crippen molar-refractivity contribution < 1.29 is 14.8 Å². The van der Waals surface area contributed by atoms with E-state index < -0.39 is 5.91 Å². The van der Waals surface area contributed by atoms with Crippen molar-refractivity contribution in [1.29, 1.82) is 0 Å². The van der Waals surface area contributed by atoms with Gasteiger partial charge in [-0.25, -0.2) is 5.48 Å². The van der Waals surface area contributed by atoms with E-state index in [1.54, 1.807) is 29.7 Å². The minimum Gasteiger partial charge on any atom is -0.340 e. The number of amides is 2. The van der Waals surface area contributed by atoms with Gasteiger partial charge in [0, 0.05) is 10.3 Å². The molecule has 1 heterocycles. The number of nitrogens with one attached hydrogen (secondary N) is 2. The molecule has 1 atom stereocenters. The number of hydroxylamine groups is 1. The Kier molecular flexibility index (Phi) is 5.37. The summed E-state index contributed by atoms with van der Waals surface area (Å²) in [6.45, 7) is 0. The number of fused-ring (bicyclic) bond motifs is 1. The van der Waals surface area contributed by atoms with Gasteiger partial charge >= 0.3 is 0 Å². The van der Waals surface area contributed by atoms with Gasteiger partial charge in [0.2, 0.25) is 0 Å². The van der Waals surface area contributed by atoms with Crippen molar-refractivity contribution in [3.8, 4) is 0 Å². The summed E-state index contributed by atoms with van der Waals surface area (Å²) in [6.07, 6.45) is 0. The molecule has 29 heavy (non-hydrogen) atoms. The highest BCUT2D eigenvalue weighted by atomic mass is 32.1. The molecular formula is C23H18N2O3S. The van der Waals surface area contributed by atoms with Gasteiger partial charge in [-0.3, -0.25) is 14.8 Å². The minimum atomic E-state index is -0.581. The lowest BCUT2D eigenvalue weighted by molar-refractivity contribution is 0.0706. The maximum Gasteiger partial charge on any atom is 0.274 e. The summed E-state index contributed by atoms with van der Waals surface area (Å²) in [5.41, 5.74) is 3.72. The van der Waals surface area contributed by atoms with Gasteiger partial charge in [0.25, 0.3) is 11.8 Å². The van der Waals surface area contributed by atoms with Crippen LogP contribution in [0.3, 0.4) is 0 Å². The molecule has 0 fully saturated rings. The van der Waals surface area contributed by atoms with Crippen molar-refractivity contribution in [2.45, 2.75) is 6.04 Å². The summed E-state index contributed by atoms with van der Waals surface area (Å²) >= 11 is 1.45. The fourth-order valence-corrected chi connectivity index (χ4v) is 4.16. The predicted molar refractivity (Wildman–Crippen MR) is 113 cm³/mol. The number of benzene rings is 3. The van der Waals surface area contributed by atoms with Crippen LogP contribution in [0.5, 0.6) is 0 Å². The molecule has 4 rings (SSSR count). The first-order chi connectivity index (χ1) is 14.2. The molecule has 0 radical (unpaired) electrons. The number of hydrogen-bond donors (Lipinski definition) is 3. The lowest BCUT2D eigenvalue weighted by Gasteiger charge is -2.20. The second-order valence-corrected chi connectivity index (χ2v) is 7.61. The Morgan fingerprint density at radius 3 is 2.14 bits per heavy atom. The van der Waals surface area contributed by atoms with Gasteiger partial charge in [-0.05, 0) is 40.8 Å². The molecular weight excluding hydrogens is 384 g/mol. The molecule has 5 nitrogen and oxygen atoms in total. The van der Waals surface area contributed by atoms with E-state index in [2.05, 4.69) is 5.32 Å². The summed E-state index contributed by atoms with van der Waals surface area (Å²) in [5, 5.41) is 12.9. The van der Waals surface area contributed by atoms with Gasteiger partial charge in [0.1, 0.15) is 0 Å². The molecule has 0 aliphatic carbocycles. The molecule has 1 aromatic heterocycles. The van der Waals surface area contributed by atoms with Gasteiger partial charge in [0.15, 0.2) is 0 Å². The Hall–Kier alpha value is -3.48. The van der Waals surface area contributed by atoms with Gasteiger partial charge in [-0.1, -0.05) is 60.7 Å². The summed E-state index contributed by atoms with van der Waals surface area (Å²) < 4.78 is 1.06. The monoisotopic (exact) mass is 402 g/mol. The Morgan fingerprint density at radius 2 is 1.45 bits per heavy atom. The van der Waals surface area contributed by atoms with E-state index in [0.29, 0.717) is 10.4 Å². The van der Waals surface area contributed by atoms with Crippen LogP contribution in [-0.2, 0) is 0 Å². The minimum absolute atomic E-state index is 0.155. The van der Waals surface area contributed by atoms with E-state index in [4.69, 9.17) is 5.21 Å². The fourth-order valence-electron chi connectivity index (χ4n) is 3.19. The van der Waals surface area contributed by atoms with Crippen LogP contribution in [0.2, 0.25) is 0 Å². The van der Waals surface area contributed by atoms with Crippen molar-refractivity contribution in [2.24, 2.45) is 0 Å². The third-order valence-corrected chi connectivity index (χ3v) is 5.78. The first kappa shape index (κ1) is 18.9. The highest BCUT2D eigenvalue weighted by Gasteiger charge is 2.19. The van der Waals surface area contributed by atoms with Crippen LogP contribution < -0.4 is 10.8 Å². The van der Waals surface area contributed by atoms with Gasteiger partial charge in [-0.2, -0.15) is 0 Å². The largest absolute Gasteiger partial charge is 0.340 e. The first-order valence-electron chi connectivity index (χ1n) is 9.04. The van der Waals surface area contributed by atoms with Crippen molar-refractivity contribution >= 4 is 33.2 Å². The molecule has 3 aromatic carbocycles. The number of hydrogen-bond acceptors (Lipinski definition) is 4. The van der Waals surface area contributed by atoms with Crippen molar-refractivity contribution in [3.05, 3.63) is 106 Å². The second-order valence-electron chi connectivity index (χ2n) is 6.53. The lowest BCUT2D eigenvalue weighted by atomic mass is 9.97. The molecule has 0 aliphatic rings. The van der Waals surface area contributed by atoms with E-state index in [1.165, 1.54) is 11.3 Å². The standard InChI is InChI=1S/C23H18N2O3S/c26-22(25-28)17-12-10-16(11-13-17)21(15-6-2-1-3-7-15)24-23(27)20-14-18-8-4-5-9-19(18)29-20/h1-14,21,28H,(H,24,27)(H,25,26)/t21-/m1/s1. The molecule has 0 saturated carbocycles. The number of carbonyl (C=O) groups is 2. The van der Waals surface area contributed by atoms with Crippen molar-refractivity contribution in [1.82, 2.24) is 10.8 Å². The lowest BCUT2D eigenvalue weighted by Crippen LogP contribution is -2.28. The quantitative estimate of drug-likeness (QED) is 0.339. The Morgan fingerprint density at radius 1 is 0.793 bits per heavy atom. The van der Waals surface area contributed by atoms with Crippen molar-refractivity contribution in [2.75, 3.05) is 0 Å².